The molecule has 212 valence electrons. The van der Waals surface area contributed by atoms with E-state index in [1.165, 1.54) is 16.2 Å². The van der Waals surface area contributed by atoms with Gasteiger partial charge in [-0.05, 0) is 40.4 Å². The highest BCUT2D eigenvalue weighted by Gasteiger charge is 2.50. The predicted octanol–water partition coefficient (Wildman–Crippen LogP) is 4.41. The van der Waals surface area contributed by atoms with Gasteiger partial charge < -0.3 is 29.1 Å². The number of carbonyl (C=O) groups is 1. The third-order valence-corrected chi connectivity index (χ3v) is 8.90. The summed E-state index contributed by atoms with van der Waals surface area (Å²) in [6.45, 7) is 4.35. The second-order valence-corrected chi connectivity index (χ2v) is 11.8. The number of anilines is 2. The molecule has 0 unspecified atom stereocenters. The van der Waals surface area contributed by atoms with Crippen molar-refractivity contribution in [1.29, 1.82) is 0 Å². The molecule has 0 amide bonds. The number of hydrogen-bond acceptors (Lipinski definition) is 10. The van der Waals surface area contributed by atoms with Gasteiger partial charge in [-0.2, -0.15) is 0 Å². The first-order valence-corrected chi connectivity index (χ1v) is 14.4. The lowest BCUT2D eigenvalue weighted by Gasteiger charge is -2.53. The van der Waals surface area contributed by atoms with Crippen molar-refractivity contribution in [3.8, 4) is 16.5 Å². The molecule has 6 rings (SSSR count). The molecule has 3 saturated heterocycles. The Morgan fingerprint density at radius 1 is 1.30 bits per heavy atom. The number of thiophene rings is 1. The summed E-state index contributed by atoms with van der Waals surface area (Å²) in [7, 11) is 0. The summed E-state index contributed by atoms with van der Waals surface area (Å²) in [6, 6.07) is 5.99. The van der Waals surface area contributed by atoms with Crippen LogP contribution in [0, 0.1) is 0 Å². The lowest BCUT2D eigenvalue weighted by atomic mass is 9.90. The maximum atomic E-state index is 13.7. The second kappa shape index (κ2) is 10.8. The van der Waals surface area contributed by atoms with Gasteiger partial charge in [-0.3, -0.25) is 0 Å². The molecule has 0 bridgehead atoms. The molecular weight excluding hydrogens is 612 g/mol. The number of carboxylic acid groups (broad SMARTS) is 1. The van der Waals surface area contributed by atoms with Gasteiger partial charge in [-0.1, -0.05) is 6.07 Å². The molecule has 10 nitrogen and oxygen atoms in total. The van der Waals surface area contributed by atoms with Gasteiger partial charge in [0.05, 0.1) is 43.0 Å². The molecule has 1 spiro atoms. The highest BCUT2D eigenvalue weighted by atomic mass is 79.9. The van der Waals surface area contributed by atoms with E-state index in [9.17, 15) is 18.7 Å². The Hall–Kier alpha value is -2.94. The summed E-state index contributed by atoms with van der Waals surface area (Å²) in [5, 5.41) is 11.9. The minimum Gasteiger partial charge on any atom is -0.480 e. The predicted molar refractivity (Wildman–Crippen MR) is 146 cm³/mol. The Bertz CT molecular complexity index is 1400. The largest absolute Gasteiger partial charge is 0.480 e. The fourth-order valence-corrected chi connectivity index (χ4v) is 6.40. The molecule has 1 N–H and O–H groups in total. The first kappa shape index (κ1) is 27.2. The number of aromatic nitrogens is 3. The number of alkyl halides is 2. The highest BCUT2D eigenvalue weighted by Crippen LogP contribution is 2.40. The van der Waals surface area contributed by atoms with E-state index in [-0.39, 0.29) is 24.8 Å². The van der Waals surface area contributed by atoms with Crippen LogP contribution in [-0.4, -0.2) is 82.7 Å². The van der Waals surface area contributed by atoms with E-state index >= 15 is 0 Å². The number of hydrogen-bond donors (Lipinski definition) is 1. The molecule has 0 radical (unpaired) electrons. The number of carboxylic acids is 1. The minimum atomic E-state index is -2.91. The number of rotatable bonds is 7. The van der Waals surface area contributed by atoms with Crippen LogP contribution in [0.15, 0.2) is 40.3 Å². The first-order valence-electron chi connectivity index (χ1n) is 12.7. The van der Waals surface area contributed by atoms with Crippen LogP contribution >= 0.6 is 27.3 Å². The lowest BCUT2D eigenvalue weighted by Crippen LogP contribution is -2.68. The number of nitrogens with zero attached hydrogens (tertiary/aromatic N) is 5. The second-order valence-electron chi connectivity index (χ2n) is 9.98. The van der Waals surface area contributed by atoms with E-state index in [2.05, 4.69) is 42.7 Å². The summed E-state index contributed by atoms with van der Waals surface area (Å²) >= 11 is 4.86. The Kier molecular flexibility index (Phi) is 7.36. The van der Waals surface area contributed by atoms with E-state index in [0.717, 1.165) is 10.2 Å². The Balaban J connectivity index is 1.29. The fourth-order valence-electron chi connectivity index (χ4n) is 5.39. The average Bonchev–Trinajstić information content (AvgIpc) is 3.60. The summed E-state index contributed by atoms with van der Waals surface area (Å²) < 4.78 is 46.1. The van der Waals surface area contributed by atoms with Crippen LogP contribution in [0.3, 0.4) is 0 Å². The first-order chi connectivity index (χ1) is 19.2. The highest BCUT2D eigenvalue weighted by molar-refractivity contribution is 9.10. The fraction of sp³-hybridized carbons (Fsp3) is 0.462. The van der Waals surface area contributed by atoms with Crippen molar-refractivity contribution in [2.45, 2.75) is 43.6 Å². The van der Waals surface area contributed by atoms with Crippen molar-refractivity contribution in [3.63, 3.8) is 0 Å². The molecular formula is C26H26BrF2N5O5S. The van der Waals surface area contributed by atoms with Crippen LogP contribution in [0.2, 0.25) is 0 Å². The van der Waals surface area contributed by atoms with Crippen molar-refractivity contribution in [2.24, 2.45) is 0 Å². The molecule has 3 aliphatic rings. The lowest BCUT2D eigenvalue weighted by molar-refractivity contribution is -0.228. The van der Waals surface area contributed by atoms with E-state index in [1.807, 2.05) is 11.4 Å². The Morgan fingerprint density at radius 2 is 2.12 bits per heavy atom. The number of ether oxygens (including phenoxy) is 3. The van der Waals surface area contributed by atoms with Crippen LogP contribution in [0.5, 0.6) is 5.88 Å². The molecule has 3 aromatic rings. The van der Waals surface area contributed by atoms with E-state index < -0.39 is 36.0 Å². The van der Waals surface area contributed by atoms with Gasteiger partial charge in [-0.15, -0.1) is 11.3 Å². The molecule has 0 aliphatic carbocycles. The third-order valence-electron chi connectivity index (χ3n) is 7.57. The number of morpholine rings is 1. The molecule has 0 saturated carbocycles. The van der Waals surface area contributed by atoms with Crippen LogP contribution < -0.4 is 14.5 Å². The zero-order valence-corrected chi connectivity index (χ0v) is 23.8. The average molecular weight is 638 g/mol. The summed E-state index contributed by atoms with van der Waals surface area (Å²) in [5.41, 5.74) is 0.672. The molecule has 0 aromatic carbocycles. The molecule has 6 heterocycles. The molecule has 3 atom stereocenters. The van der Waals surface area contributed by atoms with Crippen molar-refractivity contribution in [2.75, 3.05) is 42.7 Å². The van der Waals surface area contributed by atoms with Crippen LogP contribution in [0.25, 0.3) is 10.6 Å². The summed E-state index contributed by atoms with van der Waals surface area (Å²) in [6.07, 6.45) is -1.75. The molecule has 3 aliphatic heterocycles. The van der Waals surface area contributed by atoms with Crippen LogP contribution in [0.4, 0.5) is 20.3 Å². The van der Waals surface area contributed by atoms with Gasteiger partial charge in [0.15, 0.2) is 5.82 Å². The van der Waals surface area contributed by atoms with Crippen molar-refractivity contribution in [1.82, 2.24) is 15.0 Å². The van der Waals surface area contributed by atoms with Crippen LogP contribution in [-0.2, 0) is 14.3 Å². The Morgan fingerprint density at radius 3 is 2.80 bits per heavy atom. The maximum absolute atomic E-state index is 13.7. The van der Waals surface area contributed by atoms with Crippen molar-refractivity contribution < 1.29 is 32.9 Å². The smallest absolute Gasteiger partial charge is 0.326 e. The molecule has 40 heavy (non-hydrogen) atoms. The summed E-state index contributed by atoms with van der Waals surface area (Å²) in [4.78, 5) is 29.2. The molecule has 3 fully saturated rings. The van der Waals surface area contributed by atoms with Crippen molar-refractivity contribution in [3.05, 3.63) is 46.1 Å². The Labute approximate surface area is 241 Å². The van der Waals surface area contributed by atoms with Gasteiger partial charge in [-0.25, -0.2) is 28.5 Å². The quantitative estimate of drug-likeness (QED) is 0.400. The normalized spacial score (nSPS) is 24.0. The third kappa shape index (κ3) is 5.01. The van der Waals surface area contributed by atoms with Crippen LogP contribution in [0.1, 0.15) is 25.6 Å². The maximum Gasteiger partial charge on any atom is 0.326 e. The van der Waals surface area contributed by atoms with E-state index in [4.69, 9.17) is 14.2 Å². The number of aliphatic carboxylic acids is 1. The molecule has 3 aromatic heterocycles. The SMILES string of the molecule is C[C@@H]1N(c2cc(Br)cnc2O[C@H]2C[C@@H](C(=O)O)N(c3cc(-c4cccs4)nc(C(F)F)n3)C2)CCOC12COC2. The summed E-state index contributed by atoms with van der Waals surface area (Å²) in [5.74, 6) is -1.27. The zero-order chi connectivity index (χ0) is 28.0. The van der Waals surface area contributed by atoms with E-state index in [0.29, 0.717) is 42.8 Å². The van der Waals surface area contributed by atoms with Gasteiger partial charge in [0.25, 0.3) is 6.43 Å². The number of pyridine rings is 1. The monoisotopic (exact) mass is 637 g/mol. The topological polar surface area (TPSA) is 110 Å². The van der Waals surface area contributed by atoms with Crippen molar-refractivity contribution >= 4 is 44.7 Å². The minimum absolute atomic E-state index is 0.00949. The zero-order valence-electron chi connectivity index (χ0n) is 21.4. The standard InChI is InChI=1S/C26H26BrF2N5O5S/c1-14-26(12-37-13-26)38-5-4-33(14)18-7-15(27)10-30-24(18)39-16-8-19(25(35)36)34(11-16)21-9-17(20-3-2-6-40-20)31-23(32-21)22(28)29/h2-3,6-7,9-10,14,16,19,22H,4-5,8,11-13H2,1H3,(H,35,36)/t14-,16-,19-/m0/s1. The van der Waals surface area contributed by atoms with E-state index in [1.54, 1.807) is 24.4 Å². The molecule has 14 heteroatoms. The van der Waals surface area contributed by atoms with Gasteiger partial charge in [0.2, 0.25) is 5.88 Å². The number of halogens is 3. The van der Waals surface area contributed by atoms with Gasteiger partial charge >= 0.3 is 5.97 Å². The van der Waals surface area contributed by atoms with Gasteiger partial charge in [0, 0.05) is 29.7 Å². The van der Waals surface area contributed by atoms with Gasteiger partial charge in [0.1, 0.15) is 29.3 Å².